The van der Waals surface area contributed by atoms with Crippen LogP contribution in [-0.4, -0.2) is 24.3 Å². The lowest BCUT2D eigenvalue weighted by atomic mass is 9.80. The molecule has 0 heterocycles. The number of esters is 1. The number of ether oxygens (including phenoxy) is 1. The van der Waals surface area contributed by atoms with Gasteiger partial charge in [0, 0.05) is 12.5 Å². The molecule has 0 aliphatic heterocycles. The Balaban J connectivity index is 2.51. The number of amides is 1. The van der Waals surface area contributed by atoms with Crippen LogP contribution in [0.2, 0.25) is 0 Å². The zero-order valence-corrected chi connectivity index (χ0v) is 12.8. The van der Waals surface area contributed by atoms with Gasteiger partial charge >= 0.3 is 5.97 Å². The Bertz CT molecular complexity index is 654. The predicted octanol–water partition coefficient (Wildman–Crippen LogP) is 2.40. The van der Waals surface area contributed by atoms with E-state index >= 15 is 0 Å². The SMILES string of the molecule is CCOC(=O)C1CCc2c(C)c(F)cc(NC(C)=O)c2C1=O. The molecule has 0 radical (unpaired) electrons. The first-order chi connectivity index (χ1) is 10.4. The third-order valence-electron chi connectivity index (χ3n) is 3.78. The third-order valence-corrected chi connectivity index (χ3v) is 3.78. The average Bonchev–Trinajstić information content (AvgIpc) is 2.43. The van der Waals surface area contributed by atoms with Gasteiger partial charge in [-0.1, -0.05) is 0 Å². The number of anilines is 1. The van der Waals surface area contributed by atoms with Crippen LogP contribution in [-0.2, 0) is 20.7 Å². The van der Waals surface area contributed by atoms with Crippen LogP contribution in [0.1, 0.15) is 41.8 Å². The second-order valence-corrected chi connectivity index (χ2v) is 5.27. The number of rotatable bonds is 3. The van der Waals surface area contributed by atoms with Gasteiger partial charge in [0.05, 0.1) is 12.3 Å². The van der Waals surface area contributed by atoms with Gasteiger partial charge in [-0.15, -0.1) is 0 Å². The van der Waals surface area contributed by atoms with E-state index in [4.69, 9.17) is 4.74 Å². The Morgan fingerprint density at radius 1 is 1.45 bits per heavy atom. The summed E-state index contributed by atoms with van der Waals surface area (Å²) in [6.45, 7) is 4.72. The van der Waals surface area contributed by atoms with Crippen LogP contribution in [0, 0.1) is 18.7 Å². The summed E-state index contributed by atoms with van der Waals surface area (Å²) in [6.07, 6.45) is 0.676. The van der Waals surface area contributed by atoms with Crippen molar-refractivity contribution in [1.29, 1.82) is 0 Å². The number of hydrogen-bond acceptors (Lipinski definition) is 4. The van der Waals surface area contributed by atoms with Crippen LogP contribution in [0.25, 0.3) is 0 Å². The van der Waals surface area contributed by atoms with E-state index in [0.717, 1.165) is 6.07 Å². The van der Waals surface area contributed by atoms with Gasteiger partial charge in [0.2, 0.25) is 5.91 Å². The van der Waals surface area contributed by atoms with Crippen LogP contribution in [0.15, 0.2) is 6.07 Å². The lowest BCUT2D eigenvalue weighted by Gasteiger charge is -2.26. The number of fused-ring (bicyclic) bond motifs is 1. The Labute approximate surface area is 127 Å². The second-order valence-electron chi connectivity index (χ2n) is 5.27. The lowest BCUT2D eigenvalue weighted by molar-refractivity contribution is -0.146. The van der Waals surface area contributed by atoms with Crippen molar-refractivity contribution in [2.24, 2.45) is 5.92 Å². The van der Waals surface area contributed by atoms with E-state index < -0.39 is 29.4 Å². The second kappa shape index (κ2) is 6.25. The summed E-state index contributed by atoms with van der Waals surface area (Å²) in [4.78, 5) is 35.8. The number of ketones is 1. The number of hydrogen-bond donors (Lipinski definition) is 1. The summed E-state index contributed by atoms with van der Waals surface area (Å²) >= 11 is 0. The number of carbonyl (C=O) groups is 3. The van der Waals surface area contributed by atoms with E-state index in [1.54, 1.807) is 13.8 Å². The van der Waals surface area contributed by atoms with Gasteiger partial charge in [-0.25, -0.2) is 4.39 Å². The van der Waals surface area contributed by atoms with Crippen LogP contribution >= 0.6 is 0 Å². The highest BCUT2D eigenvalue weighted by molar-refractivity contribution is 6.14. The Morgan fingerprint density at radius 2 is 2.14 bits per heavy atom. The standard InChI is InChI=1S/C16H18FNO4/c1-4-22-16(21)11-6-5-10-8(2)12(17)7-13(18-9(3)19)14(10)15(11)20/h7,11H,4-6H2,1-3H3,(H,18,19). The van der Waals surface area contributed by atoms with Crippen molar-refractivity contribution in [3.8, 4) is 0 Å². The fourth-order valence-corrected chi connectivity index (χ4v) is 2.75. The van der Waals surface area contributed by atoms with Gasteiger partial charge in [-0.3, -0.25) is 14.4 Å². The van der Waals surface area contributed by atoms with Crippen molar-refractivity contribution in [2.45, 2.75) is 33.6 Å². The van der Waals surface area contributed by atoms with Gasteiger partial charge < -0.3 is 10.1 Å². The fraction of sp³-hybridized carbons (Fsp3) is 0.438. The minimum absolute atomic E-state index is 0.115. The number of Topliss-reactive ketones (excluding diaryl/α,β-unsaturated/α-hetero) is 1. The van der Waals surface area contributed by atoms with E-state index in [0.29, 0.717) is 17.5 Å². The highest BCUT2D eigenvalue weighted by Crippen LogP contribution is 2.35. The van der Waals surface area contributed by atoms with Crippen LogP contribution < -0.4 is 5.32 Å². The summed E-state index contributed by atoms with van der Waals surface area (Å²) in [7, 11) is 0. The van der Waals surface area contributed by atoms with Crippen LogP contribution in [0.5, 0.6) is 0 Å². The van der Waals surface area contributed by atoms with Crippen LogP contribution in [0.3, 0.4) is 0 Å². The van der Waals surface area contributed by atoms with Crippen molar-refractivity contribution in [1.82, 2.24) is 0 Å². The first-order valence-corrected chi connectivity index (χ1v) is 7.17. The average molecular weight is 307 g/mol. The molecule has 0 bridgehead atoms. The summed E-state index contributed by atoms with van der Waals surface area (Å²) < 4.78 is 18.9. The van der Waals surface area contributed by atoms with Gasteiger partial charge in [-0.05, 0) is 43.9 Å². The summed E-state index contributed by atoms with van der Waals surface area (Å²) in [5.74, 6) is -2.79. The molecule has 1 aromatic rings. The molecule has 118 valence electrons. The normalized spacial score (nSPS) is 16.9. The van der Waals surface area contributed by atoms with Crippen molar-refractivity contribution in [3.05, 3.63) is 28.6 Å². The molecule has 1 amide bonds. The third kappa shape index (κ3) is 2.86. The molecule has 2 rings (SSSR count). The largest absolute Gasteiger partial charge is 0.465 e. The molecule has 1 aromatic carbocycles. The van der Waals surface area contributed by atoms with E-state index in [9.17, 15) is 18.8 Å². The van der Waals surface area contributed by atoms with Crippen LogP contribution in [0.4, 0.5) is 10.1 Å². The monoisotopic (exact) mass is 307 g/mol. The number of nitrogens with one attached hydrogen (secondary N) is 1. The highest BCUT2D eigenvalue weighted by atomic mass is 19.1. The van der Waals surface area contributed by atoms with Crippen molar-refractivity contribution >= 4 is 23.3 Å². The van der Waals surface area contributed by atoms with Crippen molar-refractivity contribution < 1.29 is 23.5 Å². The fourth-order valence-electron chi connectivity index (χ4n) is 2.75. The van der Waals surface area contributed by atoms with Gasteiger partial charge in [0.1, 0.15) is 11.7 Å². The van der Waals surface area contributed by atoms with E-state index in [1.807, 2.05) is 0 Å². The van der Waals surface area contributed by atoms with E-state index in [-0.39, 0.29) is 24.3 Å². The molecule has 5 nitrogen and oxygen atoms in total. The molecule has 1 atom stereocenters. The smallest absolute Gasteiger partial charge is 0.316 e. The molecule has 22 heavy (non-hydrogen) atoms. The first-order valence-electron chi connectivity index (χ1n) is 7.17. The van der Waals surface area contributed by atoms with Crippen molar-refractivity contribution in [2.75, 3.05) is 11.9 Å². The summed E-state index contributed by atoms with van der Waals surface area (Å²) in [6, 6.07) is 1.13. The maximum absolute atomic E-state index is 14.0. The summed E-state index contributed by atoms with van der Waals surface area (Å²) in [5.41, 5.74) is 1.26. The zero-order valence-electron chi connectivity index (χ0n) is 12.8. The Morgan fingerprint density at radius 3 is 2.73 bits per heavy atom. The molecule has 1 unspecified atom stereocenters. The number of carbonyl (C=O) groups excluding carboxylic acids is 3. The molecular weight excluding hydrogens is 289 g/mol. The molecular formula is C16H18FNO4. The molecule has 1 aliphatic rings. The number of halogens is 1. The Hall–Kier alpha value is -2.24. The Kier molecular flexibility index (Phi) is 4.59. The zero-order chi connectivity index (χ0) is 16.4. The van der Waals surface area contributed by atoms with Gasteiger partial charge in [0.15, 0.2) is 5.78 Å². The van der Waals surface area contributed by atoms with Gasteiger partial charge in [-0.2, -0.15) is 0 Å². The molecule has 1 N–H and O–H groups in total. The maximum atomic E-state index is 14.0. The molecule has 0 saturated heterocycles. The lowest BCUT2D eigenvalue weighted by Crippen LogP contribution is -2.32. The number of benzene rings is 1. The molecule has 6 heteroatoms. The van der Waals surface area contributed by atoms with E-state index in [1.165, 1.54) is 6.92 Å². The van der Waals surface area contributed by atoms with Crippen molar-refractivity contribution in [3.63, 3.8) is 0 Å². The molecule has 0 fully saturated rings. The molecule has 0 spiro atoms. The topological polar surface area (TPSA) is 72.5 Å². The summed E-state index contributed by atoms with van der Waals surface area (Å²) in [5, 5.41) is 2.47. The molecule has 0 saturated carbocycles. The predicted molar refractivity (Wildman–Crippen MR) is 78.2 cm³/mol. The first kappa shape index (κ1) is 16.1. The molecule has 1 aliphatic carbocycles. The highest BCUT2D eigenvalue weighted by Gasteiger charge is 2.37. The van der Waals surface area contributed by atoms with Gasteiger partial charge in [0.25, 0.3) is 0 Å². The minimum atomic E-state index is -0.898. The minimum Gasteiger partial charge on any atom is -0.465 e. The quantitative estimate of drug-likeness (QED) is 0.687. The van der Waals surface area contributed by atoms with E-state index in [2.05, 4.69) is 5.32 Å². The molecule has 0 aromatic heterocycles. The maximum Gasteiger partial charge on any atom is 0.316 e.